The average Bonchev–Trinajstić information content (AvgIpc) is 2.07. The molecule has 2 rings (SSSR count). The molecule has 2 aliphatic rings. The van der Waals surface area contributed by atoms with E-state index in [4.69, 9.17) is 0 Å². The summed E-state index contributed by atoms with van der Waals surface area (Å²) in [5.41, 5.74) is 1.55. The molecule has 0 radical (unpaired) electrons. The van der Waals surface area contributed by atoms with Gasteiger partial charge in [0.25, 0.3) is 0 Å². The van der Waals surface area contributed by atoms with E-state index >= 15 is 0 Å². The van der Waals surface area contributed by atoms with E-state index in [0.717, 1.165) is 12.3 Å². The van der Waals surface area contributed by atoms with E-state index < -0.39 is 0 Å². The van der Waals surface area contributed by atoms with Gasteiger partial charge in [0.1, 0.15) is 0 Å². The lowest BCUT2D eigenvalue weighted by Gasteiger charge is -2.35. The highest BCUT2D eigenvalue weighted by molar-refractivity contribution is 5.15. The minimum Gasteiger partial charge on any atom is -0.393 e. The van der Waals surface area contributed by atoms with Crippen molar-refractivity contribution in [3.05, 3.63) is 11.6 Å². The monoisotopic (exact) mass is 166 g/mol. The summed E-state index contributed by atoms with van der Waals surface area (Å²) in [5, 5.41) is 9.78. The van der Waals surface area contributed by atoms with Gasteiger partial charge in [-0.05, 0) is 38.0 Å². The second kappa shape index (κ2) is 3.21. The predicted molar refractivity (Wildman–Crippen MR) is 49.8 cm³/mol. The van der Waals surface area contributed by atoms with Crippen molar-refractivity contribution < 1.29 is 5.11 Å². The molecule has 12 heavy (non-hydrogen) atoms. The Morgan fingerprint density at radius 1 is 1.50 bits per heavy atom. The highest BCUT2D eigenvalue weighted by atomic mass is 16.3. The van der Waals surface area contributed by atoms with Gasteiger partial charge in [0.2, 0.25) is 0 Å². The lowest BCUT2D eigenvalue weighted by molar-refractivity contribution is 0.0815. The van der Waals surface area contributed by atoms with E-state index in [1.165, 1.54) is 25.7 Å². The molecule has 1 N–H and O–H groups in total. The molecule has 0 amide bonds. The number of allylic oxidation sites excluding steroid dienone is 1. The van der Waals surface area contributed by atoms with E-state index in [1.807, 2.05) is 0 Å². The van der Waals surface area contributed by atoms with Gasteiger partial charge in [-0.25, -0.2) is 0 Å². The van der Waals surface area contributed by atoms with Crippen molar-refractivity contribution in [3.63, 3.8) is 0 Å². The van der Waals surface area contributed by atoms with Gasteiger partial charge >= 0.3 is 0 Å². The zero-order valence-corrected chi connectivity index (χ0v) is 7.79. The lowest BCUT2D eigenvalue weighted by Crippen LogP contribution is -2.30. The van der Waals surface area contributed by atoms with E-state index in [2.05, 4.69) is 13.0 Å². The Kier molecular flexibility index (Phi) is 2.22. The quantitative estimate of drug-likeness (QED) is 0.548. The summed E-state index contributed by atoms with van der Waals surface area (Å²) in [5.74, 6) is 1.30. The third-order valence-electron chi connectivity index (χ3n) is 3.34. The molecule has 0 aromatic rings. The molecule has 1 heteroatoms. The van der Waals surface area contributed by atoms with E-state index in [-0.39, 0.29) is 6.10 Å². The largest absolute Gasteiger partial charge is 0.393 e. The molecule has 3 atom stereocenters. The Labute approximate surface area is 74.5 Å². The van der Waals surface area contributed by atoms with Crippen LogP contribution in [0.15, 0.2) is 11.6 Å². The molecule has 0 bridgehead atoms. The highest BCUT2D eigenvalue weighted by Gasteiger charge is 2.30. The van der Waals surface area contributed by atoms with Gasteiger partial charge in [0.15, 0.2) is 0 Å². The minimum atomic E-state index is -0.0345. The first-order valence-corrected chi connectivity index (χ1v) is 5.14. The van der Waals surface area contributed by atoms with Crippen molar-refractivity contribution in [2.24, 2.45) is 11.8 Å². The van der Waals surface area contributed by atoms with Crippen molar-refractivity contribution in [2.45, 2.75) is 45.1 Å². The number of hydrogen-bond acceptors (Lipinski definition) is 1. The van der Waals surface area contributed by atoms with Gasteiger partial charge in [-0.15, -0.1) is 0 Å². The number of aliphatic hydroxyl groups excluding tert-OH is 1. The Morgan fingerprint density at radius 2 is 2.33 bits per heavy atom. The molecule has 1 nitrogen and oxygen atoms in total. The van der Waals surface area contributed by atoms with Crippen molar-refractivity contribution in [1.82, 2.24) is 0 Å². The third kappa shape index (κ3) is 1.42. The molecular weight excluding hydrogens is 148 g/mol. The van der Waals surface area contributed by atoms with E-state index in [9.17, 15) is 5.11 Å². The molecule has 2 aliphatic carbocycles. The molecule has 1 saturated carbocycles. The summed E-state index contributed by atoms with van der Waals surface area (Å²) in [4.78, 5) is 0. The Morgan fingerprint density at radius 3 is 3.17 bits per heavy atom. The number of hydrogen-bond donors (Lipinski definition) is 1. The molecule has 0 unspecified atom stereocenters. The van der Waals surface area contributed by atoms with E-state index in [0.29, 0.717) is 5.92 Å². The smallest absolute Gasteiger partial charge is 0.0605 e. The zero-order chi connectivity index (χ0) is 8.55. The average molecular weight is 166 g/mol. The first-order chi connectivity index (χ1) is 5.77. The van der Waals surface area contributed by atoms with Crippen LogP contribution in [0.4, 0.5) is 0 Å². The topological polar surface area (TPSA) is 20.2 Å². The Balaban J connectivity index is 2.13. The molecule has 0 spiro atoms. The van der Waals surface area contributed by atoms with Crippen LogP contribution in [0.2, 0.25) is 0 Å². The minimum absolute atomic E-state index is 0.0345. The van der Waals surface area contributed by atoms with E-state index in [1.54, 1.807) is 5.57 Å². The third-order valence-corrected chi connectivity index (χ3v) is 3.34. The van der Waals surface area contributed by atoms with Crippen molar-refractivity contribution in [3.8, 4) is 0 Å². The van der Waals surface area contributed by atoms with Crippen molar-refractivity contribution in [2.75, 3.05) is 0 Å². The summed E-state index contributed by atoms with van der Waals surface area (Å²) in [6, 6.07) is 0. The predicted octanol–water partition coefficient (Wildman–Crippen LogP) is 2.50. The summed E-state index contributed by atoms with van der Waals surface area (Å²) < 4.78 is 0. The second-order valence-corrected chi connectivity index (χ2v) is 4.42. The van der Waals surface area contributed by atoms with Crippen LogP contribution in [0.1, 0.15) is 39.0 Å². The molecule has 0 heterocycles. The number of rotatable bonds is 0. The maximum absolute atomic E-state index is 9.78. The SMILES string of the molecule is C[C@@H]1CC=C2CCC[C@@H](O)[C@H]2C1. The first-order valence-electron chi connectivity index (χ1n) is 5.14. The number of aliphatic hydroxyl groups is 1. The first kappa shape index (κ1) is 8.31. The van der Waals surface area contributed by atoms with Crippen LogP contribution in [0.3, 0.4) is 0 Å². The fraction of sp³-hybridized carbons (Fsp3) is 0.818. The number of fused-ring (bicyclic) bond motifs is 1. The molecule has 1 fully saturated rings. The standard InChI is InChI=1S/C11H18O/c1-8-5-6-9-3-2-4-11(12)10(9)7-8/h6,8,10-12H,2-5,7H2,1H3/t8-,10+,11-/m1/s1. The molecule has 0 aromatic carbocycles. The molecule has 0 aromatic heterocycles. The fourth-order valence-corrected chi connectivity index (χ4v) is 2.59. The van der Waals surface area contributed by atoms with Crippen LogP contribution in [0.5, 0.6) is 0 Å². The molecule has 0 aliphatic heterocycles. The summed E-state index contributed by atoms with van der Waals surface area (Å²) in [6.45, 7) is 2.29. The van der Waals surface area contributed by atoms with Crippen LogP contribution < -0.4 is 0 Å². The molecule has 0 saturated heterocycles. The van der Waals surface area contributed by atoms with Gasteiger partial charge < -0.3 is 5.11 Å². The van der Waals surface area contributed by atoms with Crippen LogP contribution >= 0.6 is 0 Å². The highest BCUT2D eigenvalue weighted by Crippen LogP contribution is 2.38. The maximum Gasteiger partial charge on any atom is 0.0605 e. The normalized spacial score (nSPS) is 41.8. The molecule has 68 valence electrons. The van der Waals surface area contributed by atoms with Crippen molar-refractivity contribution >= 4 is 0 Å². The van der Waals surface area contributed by atoms with Gasteiger partial charge in [-0.2, -0.15) is 0 Å². The Bertz CT molecular complexity index is 195. The van der Waals surface area contributed by atoms with Gasteiger partial charge in [-0.3, -0.25) is 0 Å². The van der Waals surface area contributed by atoms with Gasteiger partial charge in [-0.1, -0.05) is 18.6 Å². The summed E-state index contributed by atoms with van der Waals surface area (Å²) in [6.07, 6.45) is 8.25. The van der Waals surface area contributed by atoms with Crippen LogP contribution in [0, 0.1) is 11.8 Å². The van der Waals surface area contributed by atoms with Gasteiger partial charge in [0, 0.05) is 5.92 Å². The lowest BCUT2D eigenvalue weighted by atomic mass is 9.73. The zero-order valence-electron chi connectivity index (χ0n) is 7.79. The summed E-state index contributed by atoms with van der Waals surface area (Å²) >= 11 is 0. The van der Waals surface area contributed by atoms with Crippen LogP contribution in [0.25, 0.3) is 0 Å². The van der Waals surface area contributed by atoms with Crippen LogP contribution in [-0.2, 0) is 0 Å². The molecular formula is C11H18O. The van der Waals surface area contributed by atoms with Crippen molar-refractivity contribution in [1.29, 1.82) is 0 Å². The maximum atomic E-state index is 9.78. The Hall–Kier alpha value is -0.300. The fourth-order valence-electron chi connectivity index (χ4n) is 2.59. The summed E-state index contributed by atoms with van der Waals surface area (Å²) in [7, 11) is 0. The second-order valence-electron chi connectivity index (χ2n) is 4.42. The van der Waals surface area contributed by atoms with Gasteiger partial charge in [0.05, 0.1) is 6.10 Å². The van der Waals surface area contributed by atoms with Crippen LogP contribution in [-0.4, -0.2) is 11.2 Å².